The molecule has 1 amide bonds. The molecule has 2 aromatic rings. The number of benzene rings is 1. The molecule has 1 atom stereocenters. The first-order valence-corrected chi connectivity index (χ1v) is 8.60. The number of hydrogen-bond acceptors (Lipinski definition) is 4. The van der Waals surface area contributed by atoms with Crippen LogP contribution >= 0.6 is 11.8 Å². The Bertz CT molecular complexity index is 649. The highest BCUT2D eigenvalue weighted by atomic mass is 32.2. The normalized spacial score (nSPS) is 18.1. The molecular weight excluding hydrogens is 296 g/mol. The van der Waals surface area contributed by atoms with Gasteiger partial charge in [-0.3, -0.25) is 4.79 Å². The Hall–Kier alpha value is -1.79. The summed E-state index contributed by atoms with van der Waals surface area (Å²) in [4.78, 5) is 12.3. The Balaban J connectivity index is 1.70. The van der Waals surface area contributed by atoms with Crippen molar-refractivity contribution in [3.05, 3.63) is 42.2 Å². The number of nitrogens with one attached hydrogen (secondary N) is 2. The molecule has 0 radical (unpaired) electrons. The molecule has 1 fully saturated rings. The molecule has 2 heterocycles. The third-order valence-corrected chi connectivity index (χ3v) is 4.71. The number of anilines is 1. The molecule has 1 unspecified atom stereocenters. The Morgan fingerprint density at radius 3 is 3.05 bits per heavy atom. The van der Waals surface area contributed by atoms with Crippen LogP contribution in [0.4, 0.5) is 5.69 Å². The van der Waals surface area contributed by atoms with E-state index in [0.29, 0.717) is 6.42 Å². The molecule has 1 aromatic carbocycles. The Morgan fingerprint density at radius 2 is 2.32 bits per heavy atom. The standard InChI is InChI=1S/C16H20N4OS/c1-12-6-8-20(19-12)15-5-3-2-4-14(15)18-16(21)10-13-11-22-9-7-17-13/h2-6,8,13,17H,7,9-11H2,1H3,(H,18,21). The van der Waals surface area contributed by atoms with Crippen LogP contribution in [-0.2, 0) is 4.79 Å². The van der Waals surface area contributed by atoms with E-state index < -0.39 is 0 Å². The first-order valence-electron chi connectivity index (χ1n) is 7.45. The molecule has 3 rings (SSSR count). The SMILES string of the molecule is Cc1ccn(-c2ccccc2NC(=O)CC2CSCCN2)n1. The molecule has 6 heteroatoms. The third kappa shape index (κ3) is 3.69. The number of carbonyl (C=O) groups is 1. The maximum Gasteiger partial charge on any atom is 0.226 e. The molecule has 22 heavy (non-hydrogen) atoms. The number of rotatable bonds is 4. The van der Waals surface area contributed by atoms with Gasteiger partial charge in [-0.15, -0.1) is 0 Å². The maximum absolute atomic E-state index is 12.3. The van der Waals surface area contributed by atoms with E-state index in [1.54, 1.807) is 4.68 Å². The second-order valence-electron chi connectivity index (χ2n) is 5.40. The maximum atomic E-state index is 12.3. The molecule has 2 N–H and O–H groups in total. The Morgan fingerprint density at radius 1 is 1.45 bits per heavy atom. The molecule has 1 saturated heterocycles. The van der Waals surface area contributed by atoms with Crippen LogP contribution in [0.1, 0.15) is 12.1 Å². The van der Waals surface area contributed by atoms with Crippen molar-refractivity contribution in [1.82, 2.24) is 15.1 Å². The molecule has 1 aliphatic rings. The van der Waals surface area contributed by atoms with Gasteiger partial charge in [0.25, 0.3) is 0 Å². The van der Waals surface area contributed by atoms with Gasteiger partial charge in [0.1, 0.15) is 0 Å². The summed E-state index contributed by atoms with van der Waals surface area (Å²) in [6.45, 7) is 2.93. The fourth-order valence-corrected chi connectivity index (χ4v) is 3.45. The lowest BCUT2D eigenvalue weighted by Gasteiger charge is -2.22. The second kappa shape index (κ2) is 6.98. The van der Waals surface area contributed by atoms with Crippen LogP contribution in [0.5, 0.6) is 0 Å². The fraction of sp³-hybridized carbons (Fsp3) is 0.375. The monoisotopic (exact) mass is 316 g/mol. The van der Waals surface area contributed by atoms with Gasteiger partial charge in [-0.25, -0.2) is 4.68 Å². The highest BCUT2D eigenvalue weighted by molar-refractivity contribution is 7.99. The topological polar surface area (TPSA) is 59.0 Å². The summed E-state index contributed by atoms with van der Waals surface area (Å²) in [7, 11) is 0. The van der Waals surface area contributed by atoms with Gasteiger partial charge in [-0.05, 0) is 25.1 Å². The fourth-order valence-electron chi connectivity index (χ4n) is 2.50. The summed E-state index contributed by atoms with van der Waals surface area (Å²) >= 11 is 1.90. The average Bonchev–Trinajstić information content (AvgIpc) is 2.95. The molecule has 5 nitrogen and oxygen atoms in total. The summed E-state index contributed by atoms with van der Waals surface area (Å²) < 4.78 is 1.79. The van der Waals surface area contributed by atoms with Crippen molar-refractivity contribution < 1.29 is 4.79 Å². The summed E-state index contributed by atoms with van der Waals surface area (Å²) in [5, 5.41) is 10.8. The first kappa shape index (κ1) is 15.1. The van der Waals surface area contributed by atoms with Gasteiger partial charge in [0.2, 0.25) is 5.91 Å². The molecule has 0 aliphatic carbocycles. The largest absolute Gasteiger partial charge is 0.324 e. The van der Waals surface area contributed by atoms with Crippen molar-refractivity contribution in [2.45, 2.75) is 19.4 Å². The van der Waals surface area contributed by atoms with Crippen molar-refractivity contribution in [3.63, 3.8) is 0 Å². The number of para-hydroxylation sites is 2. The van der Waals surface area contributed by atoms with E-state index in [4.69, 9.17) is 0 Å². The number of amides is 1. The van der Waals surface area contributed by atoms with E-state index in [0.717, 1.165) is 35.1 Å². The van der Waals surface area contributed by atoms with Gasteiger partial charge in [-0.1, -0.05) is 12.1 Å². The van der Waals surface area contributed by atoms with E-state index >= 15 is 0 Å². The van der Waals surface area contributed by atoms with Gasteiger partial charge >= 0.3 is 0 Å². The van der Waals surface area contributed by atoms with Crippen LogP contribution in [0.15, 0.2) is 36.5 Å². The number of hydrogen-bond donors (Lipinski definition) is 2. The van der Waals surface area contributed by atoms with Crippen LogP contribution in [0.2, 0.25) is 0 Å². The summed E-state index contributed by atoms with van der Waals surface area (Å²) in [5.41, 5.74) is 2.62. The minimum absolute atomic E-state index is 0.0383. The smallest absolute Gasteiger partial charge is 0.226 e. The minimum Gasteiger partial charge on any atom is -0.324 e. The van der Waals surface area contributed by atoms with E-state index in [2.05, 4.69) is 15.7 Å². The molecule has 1 aliphatic heterocycles. The van der Waals surface area contributed by atoms with E-state index in [1.807, 2.05) is 55.2 Å². The molecule has 1 aromatic heterocycles. The van der Waals surface area contributed by atoms with Crippen molar-refractivity contribution in [3.8, 4) is 5.69 Å². The van der Waals surface area contributed by atoms with Crippen molar-refractivity contribution in [1.29, 1.82) is 0 Å². The lowest BCUT2D eigenvalue weighted by molar-refractivity contribution is -0.116. The Kier molecular flexibility index (Phi) is 4.80. The highest BCUT2D eigenvalue weighted by Crippen LogP contribution is 2.20. The zero-order valence-electron chi connectivity index (χ0n) is 12.6. The Labute approximate surface area is 134 Å². The second-order valence-corrected chi connectivity index (χ2v) is 6.55. The van der Waals surface area contributed by atoms with Gasteiger partial charge in [0.05, 0.1) is 17.1 Å². The van der Waals surface area contributed by atoms with Crippen molar-refractivity contribution >= 4 is 23.4 Å². The predicted octanol–water partition coefficient (Wildman–Crippen LogP) is 2.21. The summed E-state index contributed by atoms with van der Waals surface area (Å²) in [6.07, 6.45) is 2.40. The van der Waals surface area contributed by atoms with Crippen molar-refractivity contribution in [2.75, 3.05) is 23.4 Å². The van der Waals surface area contributed by atoms with Crippen molar-refractivity contribution in [2.24, 2.45) is 0 Å². The molecule has 0 spiro atoms. The zero-order chi connectivity index (χ0) is 15.4. The lowest BCUT2D eigenvalue weighted by atomic mass is 10.2. The third-order valence-electron chi connectivity index (χ3n) is 3.58. The van der Waals surface area contributed by atoms with Gasteiger partial charge in [-0.2, -0.15) is 16.9 Å². The number of aryl methyl sites for hydroxylation is 1. The molecule has 0 saturated carbocycles. The first-order chi connectivity index (χ1) is 10.7. The predicted molar refractivity (Wildman–Crippen MR) is 90.7 cm³/mol. The summed E-state index contributed by atoms with van der Waals surface area (Å²) in [5.74, 6) is 2.16. The highest BCUT2D eigenvalue weighted by Gasteiger charge is 2.17. The van der Waals surface area contributed by atoms with Crippen LogP contribution in [0.3, 0.4) is 0 Å². The average molecular weight is 316 g/mol. The van der Waals surface area contributed by atoms with Gasteiger partial charge < -0.3 is 10.6 Å². The van der Waals surface area contributed by atoms with E-state index in [1.165, 1.54) is 0 Å². The van der Waals surface area contributed by atoms with Crippen LogP contribution in [0, 0.1) is 6.92 Å². The van der Waals surface area contributed by atoms with Crippen LogP contribution < -0.4 is 10.6 Å². The molecular formula is C16H20N4OS. The van der Waals surface area contributed by atoms with Gasteiger partial charge in [0.15, 0.2) is 0 Å². The van der Waals surface area contributed by atoms with Crippen LogP contribution in [0.25, 0.3) is 5.69 Å². The van der Waals surface area contributed by atoms with Crippen LogP contribution in [-0.4, -0.2) is 39.8 Å². The summed E-state index contributed by atoms with van der Waals surface area (Å²) in [6, 6.07) is 9.94. The number of carbonyl (C=O) groups excluding carboxylic acids is 1. The zero-order valence-corrected chi connectivity index (χ0v) is 13.4. The minimum atomic E-state index is 0.0383. The number of thioether (sulfide) groups is 1. The number of aromatic nitrogens is 2. The quantitative estimate of drug-likeness (QED) is 0.908. The lowest BCUT2D eigenvalue weighted by Crippen LogP contribution is -2.39. The number of nitrogens with zero attached hydrogens (tertiary/aromatic N) is 2. The molecule has 116 valence electrons. The molecule has 0 bridgehead atoms. The van der Waals surface area contributed by atoms with E-state index in [9.17, 15) is 4.79 Å². The van der Waals surface area contributed by atoms with E-state index in [-0.39, 0.29) is 11.9 Å². The van der Waals surface area contributed by atoms with Gasteiger partial charge in [0, 0.05) is 36.7 Å².